The van der Waals surface area contributed by atoms with E-state index in [1.54, 1.807) is 7.11 Å². The molecule has 7 nitrogen and oxygen atoms in total. The summed E-state index contributed by atoms with van der Waals surface area (Å²) in [4.78, 5) is 11.1. The SMILES string of the molecule is C#Cc1cccc(Nc2ncnc3cc(OC)c(OCCN4CC(O)C5(CC5)C4)cc23)c1. The van der Waals surface area contributed by atoms with Gasteiger partial charge in [0.25, 0.3) is 0 Å². The van der Waals surface area contributed by atoms with Crippen molar-refractivity contribution in [1.29, 1.82) is 0 Å². The summed E-state index contributed by atoms with van der Waals surface area (Å²) in [5.41, 5.74) is 2.53. The highest BCUT2D eigenvalue weighted by Crippen LogP contribution is 2.52. The number of aromatic nitrogens is 2. The number of aliphatic hydroxyl groups is 1. The molecule has 0 amide bonds. The summed E-state index contributed by atoms with van der Waals surface area (Å²) >= 11 is 0. The van der Waals surface area contributed by atoms with Gasteiger partial charge in [-0.3, -0.25) is 4.90 Å². The van der Waals surface area contributed by atoms with Crippen LogP contribution in [0.25, 0.3) is 10.9 Å². The minimum Gasteiger partial charge on any atom is -0.493 e. The lowest BCUT2D eigenvalue weighted by Gasteiger charge is -2.17. The number of hydrogen-bond donors (Lipinski definition) is 2. The highest BCUT2D eigenvalue weighted by Gasteiger charge is 2.54. The van der Waals surface area contributed by atoms with E-state index >= 15 is 0 Å². The molecule has 32 heavy (non-hydrogen) atoms. The van der Waals surface area contributed by atoms with Crippen LogP contribution in [0.5, 0.6) is 11.5 Å². The molecule has 1 aliphatic heterocycles. The highest BCUT2D eigenvalue weighted by atomic mass is 16.5. The van der Waals surface area contributed by atoms with Crippen LogP contribution in [0.15, 0.2) is 42.7 Å². The van der Waals surface area contributed by atoms with E-state index in [1.165, 1.54) is 6.33 Å². The van der Waals surface area contributed by atoms with Crippen LogP contribution >= 0.6 is 0 Å². The van der Waals surface area contributed by atoms with E-state index in [4.69, 9.17) is 15.9 Å². The van der Waals surface area contributed by atoms with E-state index in [0.717, 1.165) is 54.6 Å². The normalized spacial score (nSPS) is 19.1. The summed E-state index contributed by atoms with van der Waals surface area (Å²) in [7, 11) is 1.62. The summed E-state index contributed by atoms with van der Waals surface area (Å²) in [6.07, 6.45) is 9.08. The van der Waals surface area contributed by atoms with Gasteiger partial charge in [0.1, 0.15) is 18.8 Å². The molecule has 1 atom stereocenters. The van der Waals surface area contributed by atoms with Crippen molar-refractivity contribution in [2.24, 2.45) is 5.41 Å². The Labute approximate surface area is 187 Å². The van der Waals surface area contributed by atoms with Crippen molar-refractivity contribution >= 4 is 22.4 Å². The van der Waals surface area contributed by atoms with Crippen molar-refractivity contribution in [2.75, 3.05) is 38.7 Å². The number of aliphatic hydroxyl groups excluding tert-OH is 1. The van der Waals surface area contributed by atoms with Gasteiger partial charge in [-0.15, -0.1) is 6.42 Å². The molecule has 1 unspecified atom stereocenters. The largest absolute Gasteiger partial charge is 0.493 e. The van der Waals surface area contributed by atoms with Crippen molar-refractivity contribution in [3.8, 4) is 23.8 Å². The van der Waals surface area contributed by atoms with E-state index < -0.39 is 0 Å². The van der Waals surface area contributed by atoms with E-state index in [0.29, 0.717) is 23.9 Å². The van der Waals surface area contributed by atoms with Crippen molar-refractivity contribution in [3.05, 3.63) is 48.3 Å². The number of anilines is 2. The Hall–Kier alpha value is -3.34. The maximum absolute atomic E-state index is 10.3. The molecule has 164 valence electrons. The molecular weight excluding hydrogens is 404 g/mol. The van der Waals surface area contributed by atoms with Crippen LogP contribution in [0.3, 0.4) is 0 Å². The second-order valence-electron chi connectivity index (χ2n) is 8.55. The number of methoxy groups -OCH3 is 1. The second-order valence-corrected chi connectivity index (χ2v) is 8.55. The Morgan fingerprint density at radius 2 is 2.12 bits per heavy atom. The average molecular weight is 431 g/mol. The van der Waals surface area contributed by atoms with Crippen molar-refractivity contribution in [1.82, 2.24) is 14.9 Å². The molecule has 1 spiro atoms. The number of hydrogen-bond acceptors (Lipinski definition) is 7. The van der Waals surface area contributed by atoms with Gasteiger partial charge < -0.3 is 19.9 Å². The predicted molar refractivity (Wildman–Crippen MR) is 123 cm³/mol. The maximum Gasteiger partial charge on any atom is 0.162 e. The third-order valence-corrected chi connectivity index (χ3v) is 6.45. The van der Waals surface area contributed by atoms with Gasteiger partial charge >= 0.3 is 0 Å². The Kier molecular flexibility index (Phi) is 5.33. The summed E-state index contributed by atoms with van der Waals surface area (Å²) < 4.78 is 11.6. The number of benzene rings is 2. The Bertz CT molecular complexity index is 1190. The van der Waals surface area contributed by atoms with Gasteiger partial charge in [0.2, 0.25) is 0 Å². The fraction of sp³-hybridized carbons (Fsp3) is 0.360. The van der Waals surface area contributed by atoms with Gasteiger partial charge in [0, 0.05) is 47.8 Å². The van der Waals surface area contributed by atoms with E-state index in [-0.39, 0.29) is 11.5 Å². The van der Waals surface area contributed by atoms with Gasteiger partial charge in [-0.05, 0) is 37.1 Å². The molecule has 0 radical (unpaired) electrons. The fourth-order valence-corrected chi connectivity index (χ4v) is 4.42. The minimum absolute atomic E-state index is 0.148. The number of β-amino-alcohol motifs (C(OH)–C–C–N with tert-alkyl or cyclic N) is 1. The van der Waals surface area contributed by atoms with Gasteiger partial charge in [-0.25, -0.2) is 9.97 Å². The molecule has 2 aliphatic rings. The molecule has 2 aromatic carbocycles. The molecule has 3 aromatic rings. The molecular formula is C25H26N4O3. The fourth-order valence-electron chi connectivity index (χ4n) is 4.42. The van der Waals surface area contributed by atoms with Gasteiger partial charge in [0.15, 0.2) is 11.5 Å². The standard InChI is InChI=1S/C25H26N4O3/c1-3-17-5-4-6-18(11-17)28-24-19-12-22(21(31-2)13-20(19)26-16-27-24)32-10-9-29-14-23(30)25(15-29)7-8-25/h1,4-6,11-13,16,23,30H,7-10,14-15H2,2H3,(H,26,27,28). The third kappa shape index (κ3) is 3.95. The molecule has 2 fully saturated rings. The predicted octanol–water partition coefficient (Wildman–Crippen LogP) is 3.20. The molecule has 2 N–H and O–H groups in total. The van der Waals surface area contributed by atoms with Crippen molar-refractivity contribution < 1.29 is 14.6 Å². The summed E-state index contributed by atoms with van der Waals surface area (Å²) in [5, 5.41) is 14.4. The second kappa shape index (κ2) is 8.30. The number of fused-ring (bicyclic) bond motifs is 1. The number of ether oxygens (including phenoxy) is 2. The quantitative estimate of drug-likeness (QED) is 0.557. The number of likely N-dealkylation sites (tertiary alicyclic amines) is 1. The van der Waals surface area contributed by atoms with Crippen molar-refractivity contribution in [3.63, 3.8) is 0 Å². The molecule has 2 heterocycles. The van der Waals surface area contributed by atoms with Crippen LogP contribution in [-0.2, 0) is 0 Å². The molecule has 0 bridgehead atoms. The summed E-state index contributed by atoms with van der Waals surface area (Å²) in [6, 6.07) is 11.4. The lowest BCUT2D eigenvalue weighted by molar-refractivity contribution is 0.130. The molecule has 1 aromatic heterocycles. The first-order valence-electron chi connectivity index (χ1n) is 10.8. The molecule has 7 heteroatoms. The third-order valence-electron chi connectivity index (χ3n) is 6.45. The van der Waals surface area contributed by atoms with Gasteiger partial charge in [-0.1, -0.05) is 12.0 Å². The topological polar surface area (TPSA) is 79.7 Å². The highest BCUT2D eigenvalue weighted by molar-refractivity contribution is 5.93. The van der Waals surface area contributed by atoms with Crippen LogP contribution < -0.4 is 14.8 Å². The van der Waals surface area contributed by atoms with E-state index in [2.05, 4.69) is 26.1 Å². The molecule has 5 rings (SSSR count). The number of rotatable bonds is 7. The lowest BCUT2D eigenvalue weighted by Crippen LogP contribution is -2.27. The molecule has 1 saturated heterocycles. The van der Waals surface area contributed by atoms with Crippen LogP contribution in [0.4, 0.5) is 11.5 Å². The monoisotopic (exact) mass is 430 g/mol. The maximum atomic E-state index is 10.3. The van der Waals surface area contributed by atoms with Crippen LogP contribution in [-0.4, -0.2) is 59.4 Å². The van der Waals surface area contributed by atoms with Crippen LogP contribution in [0.2, 0.25) is 0 Å². The Morgan fingerprint density at radius 3 is 2.88 bits per heavy atom. The van der Waals surface area contributed by atoms with Gasteiger partial charge in [0.05, 0.1) is 18.7 Å². The smallest absolute Gasteiger partial charge is 0.162 e. The first-order valence-corrected chi connectivity index (χ1v) is 10.8. The minimum atomic E-state index is -0.212. The van der Waals surface area contributed by atoms with Gasteiger partial charge in [-0.2, -0.15) is 0 Å². The zero-order chi connectivity index (χ0) is 22.1. The van der Waals surface area contributed by atoms with Crippen LogP contribution in [0, 0.1) is 17.8 Å². The molecule has 1 saturated carbocycles. The first kappa shape index (κ1) is 20.6. The number of nitrogens with zero attached hydrogens (tertiary/aromatic N) is 3. The lowest BCUT2D eigenvalue weighted by atomic mass is 10.0. The van der Waals surface area contributed by atoms with Crippen LogP contribution in [0.1, 0.15) is 18.4 Å². The summed E-state index contributed by atoms with van der Waals surface area (Å²) in [5.74, 6) is 4.56. The molecule has 1 aliphatic carbocycles. The van der Waals surface area contributed by atoms with E-state index in [1.807, 2.05) is 36.4 Å². The zero-order valence-corrected chi connectivity index (χ0v) is 18.0. The zero-order valence-electron chi connectivity index (χ0n) is 18.0. The number of nitrogens with one attached hydrogen (secondary N) is 1. The Morgan fingerprint density at radius 1 is 1.25 bits per heavy atom. The summed E-state index contributed by atoms with van der Waals surface area (Å²) in [6.45, 7) is 2.93. The Balaban J connectivity index is 1.35. The first-order chi connectivity index (χ1) is 15.6. The number of terminal acetylenes is 1. The average Bonchev–Trinajstić information content (AvgIpc) is 3.52. The van der Waals surface area contributed by atoms with Crippen molar-refractivity contribution in [2.45, 2.75) is 18.9 Å². The van der Waals surface area contributed by atoms with E-state index in [9.17, 15) is 5.11 Å².